The van der Waals surface area contributed by atoms with Gasteiger partial charge in [-0.05, 0) is 42.3 Å². The number of aromatic nitrogens is 2. The minimum Gasteiger partial charge on any atom is -0.339 e. The predicted molar refractivity (Wildman–Crippen MR) is 148 cm³/mol. The van der Waals surface area contributed by atoms with Crippen molar-refractivity contribution in [2.45, 2.75) is 18.4 Å². The van der Waals surface area contributed by atoms with Crippen LogP contribution in [0.5, 0.6) is 0 Å². The largest absolute Gasteiger partial charge is 0.343 e. The molecule has 2 heterocycles. The molecule has 0 aliphatic carbocycles. The maximum Gasteiger partial charge on any atom is 0.343 e. The molecule has 1 fully saturated rings. The third-order valence-corrected chi connectivity index (χ3v) is 8.79. The van der Waals surface area contributed by atoms with E-state index in [0.29, 0.717) is 41.2 Å². The molecule has 1 amide bonds. The predicted octanol–water partition coefficient (Wildman–Crippen LogP) is 3.35. The second-order valence-corrected chi connectivity index (χ2v) is 11.3. The van der Waals surface area contributed by atoms with Gasteiger partial charge in [-0.2, -0.15) is 3.97 Å². The Hall–Kier alpha value is -4.02. The lowest BCUT2D eigenvalue weighted by Gasteiger charge is -2.34. The van der Waals surface area contributed by atoms with Crippen LogP contribution in [-0.2, 0) is 21.4 Å². The van der Waals surface area contributed by atoms with Crippen LogP contribution in [0.25, 0.3) is 17.1 Å². The van der Waals surface area contributed by atoms with E-state index in [4.69, 9.17) is 0 Å². The Morgan fingerprint density at radius 2 is 1.59 bits per heavy atom. The molecule has 1 aliphatic heterocycles. The smallest absolute Gasteiger partial charge is 0.339 e. The lowest BCUT2D eigenvalue weighted by molar-refractivity contribution is -0.133. The van der Waals surface area contributed by atoms with Gasteiger partial charge in [0, 0.05) is 32.7 Å². The molecular weight excluding hydrogens is 519 g/mol. The van der Waals surface area contributed by atoms with Gasteiger partial charge in [0.2, 0.25) is 5.91 Å². The number of fused-ring (bicyclic) bond motifs is 1. The van der Waals surface area contributed by atoms with E-state index in [9.17, 15) is 22.4 Å². The highest BCUT2D eigenvalue weighted by Crippen LogP contribution is 2.23. The van der Waals surface area contributed by atoms with E-state index >= 15 is 0 Å². The number of halogens is 1. The summed E-state index contributed by atoms with van der Waals surface area (Å²) in [7, 11) is -4.42. The van der Waals surface area contributed by atoms with Gasteiger partial charge >= 0.3 is 5.69 Å². The van der Waals surface area contributed by atoms with Crippen molar-refractivity contribution < 1.29 is 17.6 Å². The summed E-state index contributed by atoms with van der Waals surface area (Å²) in [4.78, 5) is 30.3. The average molecular weight is 549 g/mol. The summed E-state index contributed by atoms with van der Waals surface area (Å²) in [6.07, 6.45) is 4.17. The molecule has 0 N–H and O–H groups in total. The van der Waals surface area contributed by atoms with E-state index < -0.39 is 21.5 Å². The zero-order valence-electron chi connectivity index (χ0n) is 21.5. The highest BCUT2D eigenvalue weighted by atomic mass is 32.2. The summed E-state index contributed by atoms with van der Waals surface area (Å²) < 4.78 is 42.9. The zero-order chi connectivity index (χ0) is 27.6. The number of carbonyl (C=O) groups is 1. The molecule has 39 heavy (non-hydrogen) atoms. The highest BCUT2D eigenvalue weighted by molar-refractivity contribution is 7.90. The number of hydrogen-bond donors (Lipinski definition) is 0. The number of aryl methyl sites for hydroxylation is 1. The minimum atomic E-state index is -4.42. The minimum absolute atomic E-state index is 0.133. The van der Waals surface area contributed by atoms with Crippen molar-refractivity contribution in [1.82, 2.24) is 18.3 Å². The second kappa shape index (κ2) is 11.0. The first kappa shape index (κ1) is 26.6. The van der Waals surface area contributed by atoms with Crippen molar-refractivity contribution in [3.8, 4) is 0 Å². The standard InChI is InChI=1S/C29H29FN4O4S/c1-22-13-14-24(30)20-27(22)39(37,38)34-26-12-6-5-11-25(26)33(29(34)36)21-28(35)32-18-16-31(17-19-32)15-7-10-23-8-3-2-4-9-23/h2-14,20H,15-19,21H2,1H3/b10-7+. The quantitative estimate of drug-likeness (QED) is 0.354. The molecule has 5 rings (SSSR count). The first-order valence-corrected chi connectivity index (χ1v) is 14.1. The summed E-state index contributed by atoms with van der Waals surface area (Å²) in [6.45, 7) is 4.40. The average Bonchev–Trinajstić information content (AvgIpc) is 3.22. The number of carbonyl (C=O) groups excluding carboxylic acids is 1. The van der Waals surface area contributed by atoms with Crippen molar-refractivity contribution >= 4 is 33.0 Å². The molecule has 1 aliphatic rings. The first-order valence-electron chi connectivity index (χ1n) is 12.7. The zero-order valence-corrected chi connectivity index (χ0v) is 22.4. The molecule has 4 aromatic rings. The summed E-state index contributed by atoms with van der Waals surface area (Å²) in [5.41, 5.74) is 1.03. The van der Waals surface area contributed by atoms with Crippen molar-refractivity contribution in [3.63, 3.8) is 0 Å². The van der Waals surface area contributed by atoms with E-state index in [0.717, 1.165) is 18.2 Å². The maximum absolute atomic E-state index is 14.0. The van der Waals surface area contributed by atoms with Crippen LogP contribution in [0.15, 0.2) is 88.6 Å². The van der Waals surface area contributed by atoms with Crippen LogP contribution in [0.1, 0.15) is 11.1 Å². The summed E-state index contributed by atoms with van der Waals surface area (Å²) >= 11 is 0. The molecule has 0 spiro atoms. The van der Waals surface area contributed by atoms with Gasteiger partial charge in [0.25, 0.3) is 10.0 Å². The van der Waals surface area contributed by atoms with Gasteiger partial charge in [-0.3, -0.25) is 14.3 Å². The van der Waals surface area contributed by atoms with Crippen molar-refractivity contribution in [2.75, 3.05) is 32.7 Å². The molecule has 0 radical (unpaired) electrons. The van der Waals surface area contributed by atoms with Gasteiger partial charge < -0.3 is 4.90 Å². The second-order valence-electron chi connectivity index (χ2n) is 9.53. The molecule has 0 unspecified atom stereocenters. The first-order chi connectivity index (χ1) is 18.8. The fraction of sp³-hybridized carbons (Fsp3) is 0.241. The van der Waals surface area contributed by atoms with E-state index in [2.05, 4.69) is 17.1 Å². The monoisotopic (exact) mass is 548 g/mol. The molecule has 1 aromatic heterocycles. The number of benzene rings is 3. The summed E-state index contributed by atoms with van der Waals surface area (Å²) in [5.74, 6) is -0.986. The van der Waals surface area contributed by atoms with Gasteiger partial charge in [0.15, 0.2) is 0 Å². The SMILES string of the molecule is Cc1ccc(F)cc1S(=O)(=O)n1c(=O)n(CC(=O)N2CCN(C/C=C/c3ccccc3)CC2)c2ccccc21. The Balaban J connectivity index is 1.34. The molecule has 8 nitrogen and oxygen atoms in total. The number of nitrogens with zero attached hydrogens (tertiary/aromatic N) is 4. The van der Waals surface area contributed by atoms with Crippen LogP contribution in [0.2, 0.25) is 0 Å². The van der Waals surface area contributed by atoms with Crippen LogP contribution in [0, 0.1) is 12.7 Å². The van der Waals surface area contributed by atoms with Crippen molar-refractivity contribution in [1.29, 1.82) is 0 Å². The van der Waals surface area contributed by atoms with Gasteiger partial charge in [0.1, 0.15) is 12.4 Å². The van der Waals surface area contributed by atoms with Crippen LogP contribution in [-0.4, -0.2) is 65.4 Å². The number of para-hydroxylation sites is 2. The number of piperazine rings is 1. The van der Waals surface area contributed by atoms with Crippen molar-refractivity contribution in [2.24, 2.45) is 0 Å². The van der Waals surface area contributed by atoms with E-state index in [1.54, 1.807) is 23.1 Å². The van der Waals surface area contributed by atoms with Gasteiger partial charge in [-0.1, -0.05) is 60.7 Å². The Morgan fingerprint density at radius 3 is 2.31 bits per heavy atom. The molecule has 0 bridgehead atoms. The lowest BCUT2D eigenvalue weighted by Crippen LogP contribution is -2.50. The summed E-state index contributed by atoms with van der Waals surface area (Å²) in [5, 5.41) is 0. The van der Waals surface area contributed by atoms with Crippen LogP contribution >= 0.6 is 0 Å². The third-order valence-electron chi connectivity index (χ3n) is 6.96. The number of amides is 1. The molecule has 3 aromatic carbocycles. The van der Waals surface area contributed by atoms with Crippen LogP contribution in [0.3, 0.4) is 0 Å². The normalized spacial score (nSPS) is 14.9. The highest BCUT2D eigenvalue weighted by Gasteiger charge is 2.29. The van der Waals surface area contributed by atoms with Gasteiger partial charge in [0.05, 0.1) is 15.9 Å². The fourth-order valence-electron chi connectivity index (χ4n) is 4.83. The molecule has 0 atom stereocenters. The Morgan fingerprint density at radius 1 is 0.923 bits per heavy atom. The molecular formula is C29H29FN4O4S. The fourth-order valence-corrected chi connectivity index (χ4v) is 6.48. The van der Waals surface area contributed by atoms with E-state index in [1.807, 2.05) is 30.3 Å². The van der Waals surface area contributed by atoms with E-state index in [-0.39, 0.29) is 22.9 Å². The van der Waals surface area contributed by atoms with Gasteiger partial charge in [-0.15, -0.1) is 0 Å². The summed E-state index contributed by atoms with van der Waals surface area (Å²) in [6, 6.07) is 19.9. The van der Waals surface area contributed by atoms with E-state index in [1.165, 1.54) is 29.7 Å². The number of hydrogen-bond acceptors (Lipinski definition) is 5. The molecule has 0 saturated carbocycles. The van der Waals surface area contributed by atoms with Gasteiger partial charge in [-0.25, -0.2) is 17.6 Å². The Kier molecular flexibility index (Phi) is 7.49. The third kappa shape index (κ3) is 5.43. The molecule has 202 valence electrons. The topological polar surface area (TPSA) is 84.6 Å². The Labute approximate surface area is 226 Å². The van der Waals surface area contributed by atoms with Crippen LogP contribution in [0.4, 0.5) is 4.39 Å². The van der Waals surface area contributed by atoms with Crippen molar-refractivity contribution in [3.05, 3.63) is 106 Å². The lowest BCUT2D eigenvalue weighted by atomic mass is 10.2. The molecule has 10 heteroatoms. The Bertz CT molecular complexity index is 1700. The maximum atomic E-state index is 14.0. The van der Waals surface area contributed by atoms with Crippen LogP contribution < -0.4 is 5.69 Å². The molecule has 1 saturated heterocycles. The number of rotatable bonds is 7. The number of imidazole rings is 1.